The molecule has 2 amide bonds. The van der Waals surface area contributed by atoms with Crippen LogP contribution in [0.5, 0.6) is 11.5 Å². The van der Waals surface area contributed by atoms with Crippen LogP contribution < -0.4 is 14.4 Å². The molecule has 2 aromatic rings. The molecule has 6 nitrogen and oxygen atoms in total. The van der Waals surface area contributed by atoms with Gasteiger partial charge in [0.1, 0.15) is 17.1 Å². The molecular formula is C23H23ClN2O4S. The van der Waals surface area contributed by atoms with Crippen LogP contribution in [-0.4, -0.2) is 41.6 Å². The van der Waals surface area contributed by atoms with Crippen LogP contribution in [0.15, 0.2) is 48.0 Å². The summed E-state index contributed by atoms with van der Waals surface area (Å²) in [5, 5.41) is 0.669. The summed E-state index contributed by atoms with van der Waals surface area (Å²) >= 11 is 11.4. The van der Waals surface area contributed by atoms with Gasteiger partial charge in [0.05, 0.1) is 18.9 Å². The zero-order valence-corrected chi connectivity index (χ0v) is 19.1. The maximum Gasteiger partial charge on any atom is 0.270 e. The number of anilines is 1. The Bertz CT molecular complexity index is 1040. The number of carbonyl (C=O) groups is 2. The van der Waals surface area contributed by atoms with E-state index in [1.807, 2.05) is 13.8 Å². The van der Waals surface area contributed by atoms with Crippen LogP contribution in [0.2, 0.25) is 5.02 Å². The third kappa shape index (κ3) is 4.73. The highest BCUT2D eigenvalue weighted by Crippen LogP contribution is 2.31. The summed E-state index contributed by atoms with van der Waals surface area (Å²) in [5.41, 5.74) is 1.13. The van der Waals surface area contributed by atoms with E-state index in [1.165, 1.54) is 9.80 Å². The molecule has 8 heteroatoms. The van der Waals surface area contributed by atoms with Crippen molar-refractivity contribution in [2.75, 3.05) is 24.7 Å². The number of benzene rings is 2. The molecule has 1 fully saturated rings. The van der Waals surface area contributed by atoms with Gasteiger partial charge in [0.25, 0.3) is 11.8 Å². The van der Waals surface area contributed by atoms with Crippen LogP contribution in [0.25, 0.3) is 6.08 Å². The smallest absolute Gasteiger partial charge is 0.270 e. The molecule has 0 atom stereocenters. The molecule has 0 saturated carbocycles. The second-order valence-electron chi connectivity index (χ2n) is 6.57. The van der Waals surface area contributed by atoms with E-state index >= 15 is 0 Å². The van der Waals surface area contributed by atoms with Crippen molar-refractivity contribution >= 4 is 52.5 Å². The Hall–Kier alpha value is -2.90. The van der Waals surface area contributed by atoms with Gasteiger partial charge in [-0.25, -0.2) is 0 Å². The van der Waals surface area contributed by atoms with Gasteiger partial charge in [-0.2, -0.15) is 0 Å². The van der Waals surface area contributed by atoms with Crippen molar-refractivity contribution in [1.82, 2.24) is 4.90 Å². The average Bonchev–Trinajstić information content (AvgIpc) is 2.74. The van der Waals surface area contributed by atoms with Crippen LogP contribution in [0.4, 0.5) is 5.69 Å². The Morgan fingerprint density at radius 3 is 2.26 bits per heavy atom. The lowest BCUT2D eigenvalue weighted by atomic mass is 10.0. The van der Waals surface area contributed by atoms with Crippen molar-refractivity contribution in [1.29, 1.82) is 0 Å². The lowest BCUT2D eigenvalue weighted by Crippen LogP contribution is -2.56. The van der Waals surface area contributed by atoms with Gasteiger partial charge < -0.3 is 9.47 Å². The van der Waals surface area contributed by atoms with E-state index in [2.05, 4.69) is 0 Å². The molecule has 0 bridgehead atoms. The molecule has 162 valence electrons. The first-order valence-electron chi connectivity index (χ1n) is 9.98. The summed E-state index contributed by atoms with van der Waals surface area (Å²) in [7, 11) is 0. The van der Waals surface area contributed by atoms with Crippen molar-refractivity contribution in [2.45, 2.75) is 20.8 Å². The molecule has 0 radical (unpaired) electrons. The summed E-state index contributed by atoms with van der Waals surface area (Å²) in [6, 6.07) is 12.0. The quantitative estimate of drug-likeness (QED) is 0.342. The highest BCUT2D eigenvalue weighted by atomic mass is 35.5. The first-order valence-corrected chi connectivity index (χ1v) is 10.8. The molecule has 0 spiro atoms. The molecule has 0 aliphatic carbocycles. The molecule has 1 aliphatic rings. The van der Waals surface area contributed by atoms with Crippen LogP contribution >= 0.6 is 23.8 Å². The van der Waals surface area contributed by atoms with Crippen LogP contribution in [0.1, 0.15) is 26.3 Å². The third-order valence-electron chi connectivity index (χ3n) is 4.63. The second-order valence-corrected chi connectivity index (χ2v) is 7.37. The molecule has 1 aliphatic heterocycles. The number of hydrogen-bond donors (Lipinski definition) is 0. The molecular weight excluding hydrogens is 436 g/mol. The van der Waals surface area contributed by atoms with Gasteiger partial charge in [0, 0.05) is 23.2 Å². The zero-order valence-electron chi connectivity index (χ0n) is 17.6. The summed E-state index contributed by atoms with van der Waals surface area (Å²) in [5.74, 6) is 0.224. The van der Waals surface area contributed by atoms with Gasteiger partial charge in [-0.3, -0.25) is 19.4 Å². The monoisotopic (exact) mass is 458 g/mol. The average molecular weight is 459 g/mol. The van der Waals surface area contributed by atoms with Crippen molar-refractivity contribution in [3.05, 3.63) is 58.6 Å². The first kappa shape index (κ1) is 22.8. The van der Waals surface area contributed by atoms with Gasteiger partial charge >= 0.3 is 0 Å². The molecule has 1 saturated heterocycles. The fourth-order valence-electron chi connectivity index (χ4n) is 3.20. The Morgan fingerprint density at radius 1 is 0.968 bits per heavy atom. The number of amides is 2. The fourth-order valence-corrected chi connectivity index (χ4v) is 3.72. The zero-order chi connectivity index (χ0) is 22.5. The van der Waals surface area contributed by atoms with E-state index in [0.717, 1.165) is 0 Å². The van der Waals surface area contributed by atoms with Crippen molar-refractivity contribution in [3.63, 3.8) is 0 Å². The molecule has 3 rings (SSSR count). The molecule has 0 aromatic heterocycles. The predicted octanol–water partition coefficient (Wildman–Crippen LogP) is 4.70. The van der Waals surface area contributed by atoms with Crippen molar-refractivity contribution < 1.29 is 19.1 Å². The lowest BCUT2D eigenvalue weighted by molar-refractivity contribution is -0.127. The molecule has 1 heterocycles. The number of thiocarbonyl (C=S) groups is 1. The van der Waals surface area contributed by atoms with E-state index in [1.54, 1.807) is 55.5 Å². The molecule has 0 unspecified atom stereocenters. The fraction of sp³-hybridized carbons (Fsp3) is 0.261. The Balaban J connectivity index is 2.09. The van der Waals surface area contributed by atoms with Gasteiger partial charge in [-0.15, -0.1) is 0 Å². The maximum absolute atomic E-state index is 13.4. The summed E-state index contributed by atoms with van der Waals surface area (Å²) < 4.78 is 11.3. The highest BCUT2D eigenvalue weighted by molar-refractivity contribution is 7.80. The van der Waals surface area contributed by atoms with Crippen molar-refractivity contribution in [3.8, 4) is 11.5 Å². The van der Waals surface area contributed by atoms with Crippen LogP contribution in [0, 0.1) is 0 Å². The minimum absolute atomic E-state index is 0.00415. The number of nitrogens with zero attached hydrogens (tertiary/aromatic N) is 2. The van der Waals surface area contributed by atoms with Gasteiger partial charge in [0.15, 0.2) is 5.11 Å². The number of carbonyl (C=O) groups excluding carboxylic acids is 2. The summed E-state index contributed by atoms with van der Waals surface area (Å²) in [6.07, 6.45) is 1.54. The number of halogens is 1. The highest BCUT2D eigenvalue weighted by Gasteiger charge is 2.39. The largest absolute Gasteiger partial charge is 0.494 e. The third-order valence-corrected chi connectivity index (χ3v) is 5.28. The Kier molecular flexibility index (Phi) is 7.30. The topological polar surface area (TPSA) is 59.1 Å². The normalized spacial score (nSPS) is 15.6. The van der Waals surface area contributed by atoms with Gasteiger partial charge in [0.2, 0.25) is 0 Å². The van der Waals surface area contributed by atoms with E-state index in [0.29, 0.717) is 47.5 Å². The van der Waals surface area contributed by atoms with Crippen LogP contribution in [-0.2, 0) is 9.59 Å². The lowest BCUT2D eigenvalue weighted by Gasteiger charge is -2.36. The first-order chi connectivity index (χ1) is 14.9. The van der Waals surface area contributed by atoms with Crippen LogP contribution in [0.3, 0.4) is 0 Å². The van der Waals surface area contributed by atoms with Gasteiger partial charge in [-0.1, -0.05) is 11.6 Å². The van der Waals surface area contributed by atoms with E-state index in [9.17, 15) is 9.59 Å². The number of hydrogen-bond acceptors (Lipinski definition) is 5. The predicted molar refractivity (Wildman–Crippen MR) is 126 cm³/mol. The number of ether oxygens (including phenoxy) is 2. The molecule has 0 N–H and O–H groups in total. The van der Waals surface area contributed by atoms with E-state index in [-0.39, 0.29) is 10.7 Å². The number of likely N-dealkylation sites (N-methyl/N-ethyl adjacent to an activating group) is 1. The molecule has 31 heavy (non-hydrogen) atoms. The summed E-state index contributed by atoms with van der Waals surface area (Å²) in [6.45, 7) is 6.83. The standard InChI is InChI=1S/C23H23ClN2O4S/c1-4-25-21(27)19(13-15-7-12-18(29-5-2)14-20(15)30-6-3)22(28)26(23(25)31)17-10-8-16(24)9-11-17/h7-14H,4-6H2,1-3H3/b19-13+. The Labute approximate surface area is 192 Å². The van der Waals surface area contributed by atoms with E-state index < -0.39 is 11.8 Å². The summed E-state index contributed by atoms with van der Waals surface area (Å²) in [4.78, 5) is 29.2. The molecule has 2 aromatic carbocycles. The van der Waals surface area contributed by atoms with E-state index in [4.69, 9.17) is 33.3 Å². The minimum atomic E-state index is -0.502. The Morgan fingerprint density at radius 2 is 1.65 bits per heavy atom. The van der Waals surface area contributed by atoms with Gasteiger partial charge in [-0.05, 0) is 75.5 Å². The minimum Gasteiger partial charge on any atom is -0.494 e. The maximum atomic E-state index is 13.4. The SMILES string of the molecule is CCOc1ccc(/C=C2\C(=O)N(CC)C(=S)N(c3ccc(Cl)cc3)C2=O)c(OCC)c1. The second kappa shape index (κ2) is 9.94. The van der Waals surface area contributed by atoms with Crippen molar-refractivity contribution in [2.24, 2.45) is 0 Å². The number of rotatable bonds is 7.